The van der Waals surface area contributed by atoms with Gasteiger partial charge in [-0.2, -0.15) is 0 Å². The van der Waals surface area contributed by atoms with E-state index in [1.165, 1.54) is 0 Å². The summed E-state index contributed by atoms with van der Waals surface area (Å²) < 4.78 is 0. The summed E-state index contributed by atoms with van der Waals surface area (Å²) in [6, 6.07) is 0. The summed E-state index contributed by atoms with van der Waals surface area (Å²) in [4.78, 5) is 0. The lowest BCUT2D eigenvalue weighted by atomic mass is 10.4. The summed E-state index contributed by atoms with van der Waals surface area (Å²) in [6.07, 6.45) is 0.914. The van der Waals surface area contributed by atoms with Crippen molar-refractivity contribution in [1.29, 1.82) is 0 Å². The van der Waals surface area contributed by atoms with Gasteiger partial charge in [0.1, 0.15) is 0 Å². The fraction of sp³-hybridized carbons (Fsp3) is 0.750. The molecule has 0 aromatic carbocycles. The van der Waals surface area contributed by atoms with Gasteiger partial charge in [0.25, 0.3) is 0 Å². The molecule has 0 atom stereocenters. The van der Waals surface area contributed by atoms with E-state index in [1.54, 1.807) is 0 Å². The maximum Gasteiger partial charge on any atom is 0.163 e. The van der Waals surface area contributed by atoms with E-state index in [0.29, 0.717) is 11.7 Å². The van der Waals surface area contributed by atoms with Gasteiger partial charge in [-0.25, -0.2) is 0 Å². The Labute approximate surface area is 87.4 Å². The van der Waals surface area contributed by atoms with Gasteiger partial charge in [-0.1, -0.05) is 0 Å². The third-order valence-electron chi connectivity index (χ3n) is 0.680. The van der Waals surface area contributed by atoms with Crippen LogP contribution in [-0.2, 0) is 0 Å². The van der Waals surface area contributed by atoms with Gasteiger partial charge in [-0.05, 0) is 25.2 Å². The number of hydrogen-bond acceptors (Lipinski definition) is 2. The normalized spacial score (nSPS) is 6.90. The summed E-state index contributed by atoms with van der Waals surface area (Å²) >= 11 is 4.53. The van der Waals surface area contributed by atoms with E-state index in [9.17, 15) is 0 Å². The SMILES string of the molecule is Br.Br.NCCCNC(N)=S. The van der Waals surface area contributed by atoms with Crippen LogP contribution in [0.5, 0.6) is 0 Å². The van der Waals surface area contributed by atoms with Crippen LogP contribution >= 0.6 is 46.2 Å². The average molecular weight is 295 g/mol. The molecule has 0 radical (unpaired) electrons. The van der Waals surface area contributed by atoms with E-state index >= 15 is 0 Å². The van der Waals surface area contributed by atoms with E-state index in [4.69, 9.17) is 11.5 Å². The zero-order chi connectivity index (χ0) is 6.41. The lowest BCUT2D eigenvalue weighted by Gasteiger charge is -1.99. The Morgan fingerprint density at radius 2 is 1.90 bits per heavy atom. The zero-order valence-corrected chi connectivity index (χ0v) is 9.74. The number of rotatable bonds is 3. The molecular formula is C4H13Br2N3S. The topological polar surface area (TPSA) is 64.1 Å². The minimum absolute atomic E-state index is 0. The van der Waals surface area contributed by atoms with Gasteiger partial charge in [0.2, 0.25) is 0 Å². The molecule has 3 nitrogen and oxygen atoms in total. The molecule has 0 rings (SSSR count). The van der Waals surface area contributed by atoms with E-state index in [-0.39, 0.29) is 34.0 Å². The maximum absolute atomic E-state index is 5.19. The van der Waals surface area contributed by atoms with Crippen LogP contribution < -0.4 is 16.8 Å². The Balaban J connectivity index is -0.000000245. The second kappa shape index (κ2) is 12.3. The first kappa shape index (κ1) is 16.9. The number of hydrogen-bond donors (Lipinski definition) is 3. The van der Waals surface area contributed by atoms with Crippen LogP contribution in [-0.4, -0.2) is 18.2 Å². The van der Waals surface area contributed by atoms with Crippen molar-refractivity contribution in [2.24, 2.45) is 11.5 Å². The van der Waals surface area contributed by atoms with Gasteiger partial charge >= 0.3 is 0 Å². The molecule has 0 amide bonds. The zero-order valence-electron chi connectivity index (χ0n) is 5.50. The van der Waals surface area contributed by atoms with Crippen molar-refractivity contribution in [3.05, 3.63) is 0 Å². The molecule has 0 fully saturated rings. The highest BCUT2D eigenvalue weighted by Gasteiger charge is 1.82. The van der Waals surface area contributed by atoms with Crippen LogP contribution in [0.15, 0.2) is 0 Å². The van der Waals surface area contributed by atoms with Crippen LogP contribution in [0.2, 0.25) is 0 Å². The molecule has 0 heterocycles. The molecule has 0 saturated heterocycles. The molecule has 6 heteroatoms. The average Bonchev–Trinajstić information content (AvgIpc) is 1.66. The first-order valence-electron chi connectivity index (χ1n) is 2.50. The molecule has 0 bridgehead atoms. The highest BCUT2D eigenvalue weighted by Crippen LogP contribution is 1.67. The Morgan fingerprint density at radius 1 is 1.40 bits per heavy atom. The monoisotopic (exact) mass is 293 g/mol. The molecule has 64 valence electrons. The Kier molecular flexibility index (Phi) is 20.8. The summed E-state index contributed by atoms with van der Waals surface area (Å²) in [6.45, 7) is 1.46. The van der Waals surface area contributed by atoms with E-state index in [2.05, 4.69) is 17.5 Å². The van der Waals surface area contributed by atoms with Gasteiger partial charge in [-0.15, -0.1) is 34.0 Å². The molecule has 0 aliphatic heterocycles. The van der Waals surface area contributed by atoms with Crippen LogP contribution in [0.3, 0.4) is 0 Å². The van der Waals surface area contributed by atoms with Gasteiger partial charge in [0, 0.05) is 6.54 Å². The second-order valence-electron chi connectivity index (χ2n) is 1.43. The molecule has 10 heavy (non-hydrogen) atoms. The molecule has 0 spiro atoms. The molecule has 5 N–H and O–H groups in total. The molecule has 0 aromatic rings. The van der Waals surface area contributed by atoms with Crippen LogP contribution in [0, 0.1) is 0 Å². The van der Waals surface area contributed by atoms with Crippen molar-refractivity contribution in [3.8, 4) is 0 Å². The molecule has 0 unspecified atom stereocenters. The van der Waals surface area contributed by atoms with Crippen molar-refractivity contribution in [2.75, 3.05) is 13.1 Å². The van der Waals surface area contributed by atoms with Crippen molar-refractivity contribution >= 4 is 51.3 Å². The largest absolute Gasteiger partial charge is 0.376 e. The van der Waals surface area contributed by atoms with E-state index in [0.717, 1.165) is 13.0 Å². The number of thiocarbonyl (C=S) groups is 1. The minimum Gasteiger partial charge on any atom is -0.376 e. The van der Waals surface area contributed by atoms with Gasteiger partial charge in [-0.3, -0.25) is 0 Å². The first-order valence-corrected chi connectivity index (χ1v) is 2.91. The Morgan fingerprint density at radius 3 is 2.20 bits per heavy atom. The fourth-order valence-electron chi connectivity index (χ4n) is 0.314. The third-order valence-corrected chi connectivity index (χ3v) is 0.824. The van der Waals surface area contributed by atoms with Crippen molar-refractivity contribution in [2.45, 2.75) is 6.42 Å². The standard InChI is InChI=1S/C4H11N3S.2BrH/c5-2-1-3-7-4(6)8;;/h1-3,5H2,(H3,6,7,8);2*1H. The Hall–Kier alpha value is 0.610. The van der Waals surface area contributed by atoms with Crippen molar-refractivity contribution in [3.63, 3.8) is 0 Å². The number of nitrogens with one attached hydrogen (secondary N) is 1. The lowest BCUT2D eigenvalue weighted by molar-refractivity contribution is 0.786. The van der Waals surface area contributed by atoms with Gasteiger partial charge < -0.3 is 16.8 Å². The summed E-state index contributed by atoms with van der Waals surface area (Å²) in [5, 5.41) is 3.12. The molecule has 0 aliphatic carbocycles. The second-order valence-corrected chi connectivity index (χ2v) is 1.87. The maximum atomic E-state index is 5.19. The van der Waals surface area contributed by atoms with Crippen LogP contribution in [0.4, 0.5) is 0 Å². The predicted octanol–water partition coefficient (Wildman–Crippen LogP) is 0.324. The quantitative estimate of drug-likeness (QED) is 0.518. The third kappa shape index (κ3) is 15.8. The number of halogens is 2. The fourth-order valence-corrected chi connectivity index (χ4v) is 0.416. The summed E-state index contributed by atoms with van der Waals surface area (Å²) in [5.41, 5.74) is 10.3. The minimum atomic E-state index is 0. The van der Waals surface area contributed by atoms with Crippen LogP contribution in [0.25, 0.3) is 0 Å². The molecule has 0 saturated carbocycles. The number of nitrogens with two attached hydrogens (primary N) is 2. The van der Waals surface area contributed by atoms with E-state index < -0.39 is 0 Å². The summed E-state index contributed by atoms with van der Waals surface area (Å²) in [5.74, 6) is 0. The Bertz CT molecular complexity index is 80.9. The smallest absolute Gasteiger partial charge is 0.163 e. The van der Waals surface area contributed by atoms with E-state index in [1.807, 2.05) is 0 Å². The van der Waals surface area contributed by atoms with Gasteiger partial charge in [0.15, 0.2) is 5.11 Å². The molecule has 0 aromatic heterocycles. The molecular weight excluding hydrogens is 282 g/mol. The van der Waals surface area contributed by atoms with Gasteiger partial charge in [0.05, 0.1) is 0 Å². The highest BCUT2D eigenvalue weighted by molar-refractivity contribution is 8.93. The molecule has 0 aliphatic rings. The first-order chi connectivity index (χ1) is 3.77. The highest BCUT2D eigenvalue weighted by atomic mass is 79.9. The van der Waals surface area contributed by atoms with Crippen molar-refractivity contribution < 1.29 is 0 Å². The van der Waals surface area contributed by atoms with Crippen molar-refractivity contribution in [1.82, 2.24) is 5.32 Å². The predicted molar refractivity (Wildman–Crippen MR) is 59.1 cm³/mol. The lowest BCUT2D eigenvalue weighted by Crippen LogP contribution is -2.30. The summed E-state index contributed by atoms with van der Waals surface area (Å²) in [7, 11) is 0. The van der Waals surface area contributed by atoms with Crippen LogP contribution in [0.1, 0.15) is 6.42 Å².